The molecule has 1 amide bonds. The van der Waals surface area contributed by atoms with Crippen molar-refractivity contribution in [2.45, 2.75) is 13.1 Å². The molecule has 2 aromatic carbocycles. The third-order valence-electron chi connectivity index (χ3n) is 4.36. The molecule has 4 rings (SSSR count). The number of carbonyl (C=O) groups is 1. The highest BCUT2D eigenvalue weighted by Gasteiger charge is 2.20. The Hall–Kier alpha value is -3.38. The Kier molecular flexibility index (Phi) is 5.18. The molecule has 2 N–H and O–H groups in total. The maximum Gasteiger partial charge on any atom is 0.271 e. The second-order valence-corrected chi connectivity index (χ2v) is 7.05. The van der Waals surface area contributed by atoms with Crippen LogP contribution in [0.25, 0.3) is 11.0 Å². The monoisotopic (exact) mass is 409 g/mol. The average Bonchev–Trinajstić information content (AvgIpc) is 3.12. The molecule has 0 fully saturated rings. The van der Waals surface area contributed by atoms with Crippen molar-refractivity contribution in [3.8, 4) is 0 Å². The second-order valence-electron chi connectivity index (χ2n) is 6.61. The molecule has 0 spiro atoms. The van der Waals surface area contributed by atoms with Crippen LogP contribution in [0.1, 0.15) is 28.0 Å². The molecule has 5 nitrogen and oxygen atoms in total. The maximum absolute atomic E-state index is 13.5. The highest BCUT2D eigenvalue weighted by atomic mass is 35.5. The van der Waals surface area contributed by atoms with E-state index in [2.05, 4.69) is 15.6 Å². The Morgan fingerprint density at radius 3 is 2.62 bits per heavy atom. The van der Waals surface area contributed by atoms with Gasteiger partial charge in [-0.05, 0) is 61.0 Å². The summed E-state index contributed by atoms with van der Waals surface area (Å²) in [6.07, 6.45) is 0.919. The number of fused-ring (bicyclic) bond motifs is 1. The van der Waals surface area contributed by atoms with E-state index in [9.17, 15) is 9.18 Å². The molecule has 0 bridgehead atoms. The van der Waals surface area contributed by atoms with Crippen LogP contribution in [0.2, 0.25) is 5.02 Å². The largest absolute Gasteiger partial charge is 0.457 e. The van der Waals surface area contributed by atoms with E-state index in [0.29, 0.717) is 16.4 Å². The number of hydrogen-bond donors (Lipinski definition) is 2. The fraction of sp³-hybridized carbons (Fsp3) is 0.0909. The predicted molar refractivity (Wildman–Crippen MR) is 110 cm³/mol. The van der Waals surface area contributed by atoms with Crippen LogP contribution in [0.4, 0.5) is 10.1 Å². The first-order chi connectivity index (χ1) is 14.0. The van der Waals surface area contributed by atoms with Crippen LogP contribution in [0, 0.1) is 12.7 Å². The number of carbonyl (C=O) groups excluding carboxylic acids is 1. The number of anilines is 1. The van der Waals surface area contributed by atoms with Gasteiger partial charge in [-0.25, -0.2) is 4.39 Å². The molecule has 0 radical (unpaired) electrons. The van der Waals surface area contributed by atoms with Gasteiger partial charge in [-0.3, -0.25) is 9.78 Å². The molecule has 29 heavy (non-hydrogen) atoms. The lowest BCUT2D eigenvalue weighted by atomic mass is 10.2. The SMILES string of the molecule is Cc1ccc(C(=O)NC(Nc2ccc(Cl)cc2)c2cc3ccc(F)cc3o2)nc1. The molecule has 2 heterocycles. The van der Waals surface area contributed by atoms with Gasteiger partial charge in [-0.2, -0.15) is 0 Å². The normalized spacial score (nSPS) is 12.0. The lowest BCUT2D eigenvalue weighted by molar-refractivity contribution is 0.0932. The lowest BCUT2D eigenvalue weighted by Crippen LogP contribution is -2.33. The first kappa shape index (κ1) is 19.0. The molecular formula is C22H17ClFN3O2. The van der Waals surface area contributed by atoms with Crippen molar-refractivity contribution in [2.24, 2.45) is 0 Å². The Morgan fingerprint density at radius 1 is 1.10 bits per heavy atom. The number of nitrogens with zero attached hydrogens (tertiary/aromatic N) is 1. The first-order valence-corrected chi connectivity index (χ1v) is 9.30. The number of rotatable bonds is 5. The van der Waals surface area contributed by atoms with Crippen molar-refractivity contribution in [1.82, 2.24) is 10.3 Å². The Labute approximate surface area is 171 Å². The molecule has 4 aromatic rings. The topological polar surface area (TPSA) is 67.2 Å². The number of halogens is 2. The van der Waals surface area contributed by atoms with E-state index in [1.165, 1.54) is 12.1 Å². The van der Waals surface area contributed by atoms with Gasteiger partial charge >= 0.3 is 0 Å². The molecule has 0 aliphatic heterocycles. The highest BCUT2D eigenvalue weighted by Crippen LogP contribution is 2.26. The summed E-state index contributed by atoms with van der Waals surface area (Å²) in [5.41, 5.74) is 2.35. The fourth-order valence-corrected chi connectivity index (χ4v) is 2.99. The van der Waals surface area contributed by atoms with Crippen molar-refractivity contribution in [2.75, 3.05) is 5.32 Å². The number of pyridine rings is 1. The van der Waals surface area contributed by atoms with Crippen molar-refractivity contribution in [3.63, 3.8) is 0 Å². The minimum atomic E-state index is -0.706. The van der Waals surface area contributed by atoms with Gasteiger partial charge in [-0.1, -0.05) is 17.7 Å². The number of benzene rings is 2. The summed E-state index contributed by atoms with van der Waals surface area (Å²) in [5.74, 6) is -0.336. The highest BCUT2D eigenvalue weighted by molar-refractivity contribution is 6.30. The molecule has 1 unspecified atom stereocenters. The Bertz CT molecular complexity index is 1160. The van der Waals surface area contributed by atoms with Gasteiger partial charge in [0.15, 0.2) is 6.17 Å². The smallest absolute Gasteiger partial charge is 0.271 e. The lowest BCUT2D eigenvalue weighted by Gasteiger charge is -2.19. The van der Waals surface area contributed by atoms with Gasteiger partial charge in [0.2, 0.25) is 0 Å². The van der Waals surface area contributed by atoms with E-state index < -0.39 is 12.0 Å². The van der Waals surface area contributed by atoms with Gasteiger partial charge < -0.3 is 15.1 Å². The van der Waals surface area contributed by atoms with Crippen LogP contribution in [0.5, 0.6) is 0 Å². The summed E-state index contributed by atoms with van der Waals surface area (Å²) in [6.45, 7) is 1.90. The standard InChI is InChI=1S/C22H17ClFN3O2/c1-13-2-9-18(25-12-13)22(28)27-21(26-17-7-4-15(23)5-8-17)20-10-14-3-6-16(24)11-19(14)29-20/h2-12,21,26H,1H3,(H,27,28). The van der Waals surface area contributed by atoms with Gasteiger partial charge in [0, 0.05) is 28.4 Å². The van der Waals surface area contributed by atoms with Crippen LogP contribution < -0.4 is 10.6 Å². The number of hydrogen-bond acceptors (Lipinski definition) is 4. The molecule has 7 heteroatoms. The quantitative estimate of drug-likeness (QED) is 0.429. The number of amides is 1. The van der Waals surface area contributed by atoms with Gasteiger partial charge in [0.25, 0.3) is 5.91 Å². The number of aryl methyl sites for hydroxylation is 1. The summed E-state index contributed by atoms with van der Waals surface area (Å²) >= 11 is 5.95. The number of furan rings is 1. The van der Waals surface area contributed by atoms with E-state index in [-0.39, 0.29) is 11.6 Å². The summed E-state index contributed by atoms with van der Waals surface area (Å²) in [7, 11) is 0. The molecule has 0 saturated heterocycles. The van der Waals surface area contributed by atoms with Crippen LogP contribution in [-0.2, 0) is 0 Å². The molecule has 146 valence electrons. The second kappa shape index (κ2) is 7.93. The van der Waals surface area contributed by atoms with E-state index in [4.69, 9.17) is 16.0 Å². The zero-order chi connectivity index (χ0) is 20.4. The van der Waals surface area contributed by atoms with Crippen molar-refractivity contribution in [1.29, 1.82) is 0 Å². The number of aromatic nitrogens is 1. The first-order valence-electron chi connectivity index (χ1n) is 8.92. The Balaban J connectivity index is 1.66. The molecule has 0 saturated carbocycles. The van der Waals surface area contributed by atoms with E-state index >= 15 is 0 Å². The van der Waals surface area contributed by atoms with E-state index in [1.54, 1.807) is 48.7 Å². The predicted octanol–water partition coefficient (Wildman–Crippen LogP) is 5.47. The summed E-state index contributed by atoms with van der Waals surface area (Å²) in [5, 5.41) is 7.40. The molecule has 1 atom stereocenters. The fourth-order valence-electron chi connectivity index (χ4n) is 2.87. The van der Waals surface area contributed by atoms with E-state index in [0.717, 1.165) is 16.6 Å². The third-order valence-corrected chi connectivity index (χ3v) is 4.61. The third kappa shape index (κ3) is 4.38. The van der Waals surface area contributed by atoms with Crippen LogP contribution in [0.3, 0.4) is 0 Å². The molecule has 2 aromatic heterocycles. The Morgan fingerprint density at radius 2 is 1.90 bits per heavy atom. The maximum atomic E-state index is 13.5. The molecule has 0 aliphatic carbocycles. The zero-order valence-electron chi connectivity index (χ0n) is 15.4. The summed E-state index contributed by atoms with van der Waals surface area (Å²) < 4.78 is 19.3. The number of nitrogens with one attached hydrogen (secondary N) is 2. The molecule has 0 aliphatic rings. The van der Waals surface area contributed by atoms with Gasteiger partial charge in [0.05, 0.1) is 0 Å². The van der Waals surface area contributed by atoms with Crippen LogP contribution in [-0.4, -0.2) is 10.9 Å². The van der Waals surface area contributed by atoms with Crippen molar-refractivity contribution in [3.05, 3.63) is 94.7 Å². The minimum Gasteiger partial charge on any atom is -0.457 e. The van der Waals surface area contributed by atoms with Gasteiger partial charge in [-0.15, -0.1) is 0 Å². The average molecular weight is 410 g/mol. The van der Waals surface area contributed by atoms with Gasteiger partial charge in [0.1, 0.15) is 22.9 Å². The van der Waals surface area contributed by atoms with E-state index in [1.807, 2.05) is 13.0 Å². The summed E-state index contributed by atoms with van der Waals surface area (Å²) in [6, 6.07) is 16.6. The molecular weight excluding hydrogens is 393 g/mol. The minimum absolute atomic E-state index is 0.278. The van der Waals surface area contributed by atoms with Crippen molar-refractivity contribution < 1.29 is 13.6 Å². The van der Waals surface area contributed by atoms with Crippen molar-refractivity contribution >= 4 is 34.2 Å². The van der Waals surface area contributed by atoms with Crippen LogP contribution in [0.15, 0.2) is 71.3 Å². The van der Waals surface area contributed by atoms with Crippen LogP contribution >= 0.6 is 11.6 Å². The summed E-state index contributed by atoms with van der Waals surface area (Å²) in [4.78, 5) is 16.9. The zero-order valence-corrected chi connectivity index (χ0v) is 16.2.